The number of hydrogen-bond acceptors (Lipinski definition) is 4. The van der Waals surface area contributed by atoms with Gasteiger partial charge in [0.05, 0.1) is 12.6 Å². The van der Waals surface area contributed by atoms with Crippen LogP contribution >= 0.6 is 0 Å². The molecular formula is C20H25N3O3. The maximum atomic E-state index is 12.8. The zero-order valence-corrected chi connectivity index (χ0v) is 15.2. The fourth-order valence-corrected chi connectivity index (χ4v) is 3.67. The van der Waals surface area contributed by atoms with Crippen LogP contribution in [-0.2, 0) is 16.1 Å². The lowest BCUT2D eigenvalue weighted by Crippen LogP contribution is -2.49. The van der Waals surface area contributed by atoms with Gasteiger partial charge in [-0.2, -0.15) is 0 Å². The Kier molecular flexibility index (Phi) is 5.71. The summed E-state index contributed by atoms with van der Waals surface area (Å²) in [7, 11) is 1.58. The molecule has 6 heteroatoms. The molecule has 2 aromatic rings. The fourth-order valence-electron chi connectivity index (χ4n) is 3.67. The molecule has 1 aromatic heterocycles. The summed E-state index contributed by atoms with van der Waals surface area (Å²) >= 11 is 0. The minimum Gasteiger partial charge on any atom is -0.481 e. The van der Waals surface area contributed by atoms with Gasteiger partial charge in [-0.25, -0.2) is 4.98 Å². The van der Waals surface area contributed by atoms with E-state index < -0.39 is 6.04 Å². The van der Waals surface area contributed by atoms with Gasteiger partial charge in [-0.3, -0.25) is 9.59 Å². The number of nitrogens with zero attached hydrogens (tertiary/aromatic N) is 1. The molecule has 138 valence electrons. The number of carbonyl (C=O) groups is 2. The van der Waals surface area contributed by atoms with Crippen LogP contribution in [0.2, 0.25) is 0 Å². The first-order valence-electron chi connectivity index (χ1n) is 9.06. The second-order valence-corrected chi connectivity index (χ2v) is 6.78. The summed E-state index contributed by atoms with van der Waals surface area (Å²) in [6.07, 6.45) is 4.18. The smallest absolute Gasteiger partial charge is 0.243 e. The van der Waals surface area contributed by atoms with Gasteiger partial charge < -0.3 is 15.4 Å². The second kappa shape index (κ2) is 8.17. The van der Waals surface area contributed by atoms with Gasteiger partial charge in [0, 0.05) is 24.9 Å². The first-order valence-corrected chi connectivity index (χ1v) is 9.06. The summed E-state index contributed by atoms with van der Waals surface area (Å²) in [6.45, 7) is 1.82. The lowest BCUT2D eigenvalue weighted by Gasteiger charge is -2.23. The van der Waals surface area contributed by atoms with Gasteiger partial charge in [-0.15, -0.1) is 0 Å². The Morgan fingerprint density at radius 3 is 2.69 bits per heavy atom. The summed E-state index contributed by atoms with van der Waals surface area (Å²) in [4.78, 5) is 28.7. The number of amides is 2. The third-order valence-corrected chi connectivity index (χ3v) is 4.95. The molecule has 0 spiro atoms. The highest BCUT2D eigenvalue weighted by molar-refractivity contribution is 5.88. The zero-order valence-electron chi connectivity index (χ0n) is 15.2. The van der Waals surface area contributed by atoms with Crippen LogP contribution in [0.1, 0.15) is 38.2 Å². The first kappa shape index (κ1) is 18.2. The van der Waals surface area contributed by atoms with Gasteiger partial charge in [0.1, 0.15) is 6.04 Å². The van der Waals surface area contributed by atoms with Crippen LogP contribution in [0.15, 0.2) is 30.3 Å². The molecule has 2 amide bonds. The van der Waals surface area contributed by atoms with Crippen molar-refractivity contribution in [2.24, 2.45) is 5.92 Å². The van der Waals surface area contributed by atoms with Crippen molar-refractivity contribution in [1.82, 2.24) is 15.6 Å². The van der Waals surface area contributed by atoms with E-state index in [-0.39, 0.29) is 17.7 Å². The zero-order chi connectivity index (χ0) is 18.5. The summed E-state index contributed by atoms with van der Waals surface area (Å²) in [5.41, 5.74) is 1.76. The van der Waals surface area contributed by atoms with Gasteiger partial charge in [0.2, 0.25) is 17.7 Å². The molecule has 1 fully saturated rings. The van der Waals surface area contributed by atoms with E-state index in [0.717, 1.165) is 42.1 Å². The molecule has 1 aliphatic rings. The quantitative estimate of drug-likeness (QED) is 0.834. The number of nitrogens with one attached hydrogen (secondary N) is 2. The molecule has 1 aromatic carbocycles. The number of para-hydroxylation sites is 1. The van der Waals surface area contributed by atoms with Crippen molar-refractivity contribution in [2.75, 3.05) is 7.11 Å². The predicted molar refractivity (Wildman–Crippen MR) is 99.7 cm³/mol. The molecule has 0 saturated heterocycles. The van der Waals surface area contributed by atoms with Crippen molar-refractivity contribution in [3.05, 3.63) is 35.9 Å². The van der Waals surface area contributed by atoms with E-state index in [9.17, 15) is 9.59 Å². The molecule has 6 nitrogen and oxygen atoms in total. The third kappa shape index (κ3) is 4.12. The summed E-state index contributed by atoms with van der Waals surface area (Å²) in [5, 5.41) is 6.79. The molecule has 1 heterocycles. The monoisotopic (exact) mass is 355 g/mol. The highest BCUT2D eigenvalue weighted by Gasteiger charge is 2.31. The molecule has 3 rings (SSSR count). The average molecular weight is 355 g/mol. The van der Waals surface area contributed by atoms with Crippen LogP contribution < -0.4 is 15.4 Å². The number of carbonyl (C=O) groups excluding carboxylic acids is 2. The highest BCUT2D eigenvalue weighted by Crippen LogP contribution is 2.28. The van der Waals surface area contributed by atoms with Gasteiger partial charge in [-0.05, 0) is 30.4 Å². The van der Waals surface area contributed by atoms with Gasteiger partial charge in [-0.1, -0.05) is 31.0 Å². The number of pyridine rings is 1. The van der Waals surface area contributed by atoms with Gasteiger partial charge in [0.25, 0.3) is 0 Å². The Morgan fingerprint density at radius 2 is 2.00 bits per heavy atom. The van der Waals surface area contributed by atoms with E-state index in [2.05, 4.69) is 15.6 Å². The number of fused-ring (bicyclic) bond motifs is 1. The number of benzene rings is 1. The minimum absolute atomic E-state index is 0.132. The van der Waals surface area contributed by atoms with Crippen molar-refractivity contribution >= 4 is 22.7 Å². The Balaban J connectivity index is 1.77. The van der Waals surface area contributed by atoms with Crippen LogP contribution in [0.4, 0.5) is 0 Å². The van der Waals surface area contributed by atoms with E-state index >= 15 is 0 Å². The van der Waals surface area contributed by atoms with Crippen LogP contribution in [0, 0.1) is 5.92 Å². The molecule has 0 radical (unpaired) electrons. The van der Waals surface area contributed by atoms with Crippen LogP contribution in [0.5, 0.6) is 5.88 Å². The Bertz CT molecular complexity index is 800. The molecule has 0 aliphatic heterocycles. The van der Waals surface area contributed by atoms with Crippen molar-refractivity contribution in [3.8, 4) is 5.88 Å². The number of methoxy groups -OCH3 is 1. The number of hydrogen-bond donors (Lipinski definition) is 2. The van der Waals surface area contributed by atoms with E-state index in [4.69, 9.17) is 4.74 Å². The summed E-state index contributed by atoms with van der Waals surface area (Å²) < 4.78 is 5.27. The molecule has 1 unspecified atom stereocenters. The van der Waals surface area contributed by atoms with E-state index in [1.54, 1.807) is 7.11 Å². The Hall–Kier alpha value is -2.63. The highest BCUT2D eigenvalue weighted by atomic mass is 16.5. The van der Waals surface area contributed by atoms with Crippen LogP contribution in [0.3, 0.4) is 0 Å². The number of ether oxygens (including phenoxy) is 1. The predicted octanol–water partition coefficient (Wildman–Crippen LogP) is 2.55. The molecule has 26 heavy (non-hydrogen) atoms. The third-order valence-electron chi connectivity index (χ3n) is 4.95. The second-order valence-electron chi connectivity index (χ2n) is 6.78. The standard InChI is InChI=1S/C20H25N3O3/c1-13(24)22-19(14-7-3-4-8-14)20(25)21-12-15-11-18(26-2)23-17-10-6-5-9-16(15)17/h5-6,9-11,14,19H,3-4,7-8,12H2,1-2H3,(H,21,25)(H,22,24). The van der Waals surface area contributed by atoms with Crippen molar-refractivity contribution in [3.63, 3.8) is 0 Å². The minimum atomic E-state index is -0.468. The van der Waals surface area contributed by atoms with Crippen molar-refractivity contribution < 1.29 is 14.3 Å². The lowest BCUT2D eigenvalue weighted by atomic mass is 9.97. The molecule has 1 atom stereocenters. The van der Waals surface area contributed by atoms with Crippen molar-refractivity contribution in [1.29, 1.82) is 0 Å². The van der Waals surface area contributed by atoms with E-state index in [1.165, 1.54) is 6.92 Å². The Labute approximate surface area is 153 Å². The molecule has 1 saturated carbocycles. The first-order chi connectivity index (χ1) is 12.6. The maximum Gasteiger partial charge on any atom is 0.243 e. The maximum absolute atomic E-state index is 12.8. The van der Waals surface area contributed by atoms with E-state index in [0.29, 0.717) is 12.4 Å². The fraction of sp³-hybridized carbons (Fsp3) is 0.450. The average Bonchev–Trinajstić information content (AvgIpc) is 3.17. The lowest BCUT2D eigenvalue weighted by molar-refractivity contribution is -0.129. The molecule has 1 aliphatic carbocycles. The van der Waals surface area contributed by atoms with Crippen LogP contribution in [0.25, 0.3) is 10.9 Å². The number of aromatic nitrogens is 1. The van der Waals surface area contributed by atoms with Crippen LogP contribution in [-0.4, -0.2) is 29.9 Å². The van der Waals surface area contributed by atoms with Gasteiger partial charge >= 0.3 is 0 Å². The molecule has 2 N–H and O–H groups in total. The van der Waals surface area contributed by atoms with Crippen molar-refractivity contribution in [2.45, 2.75) is 45.2 Å². The Morgan fingerprint density at radius 1 is 1.27 bits per heavy atom. The summed E-state index contributed by atoms with van der Waals surface area (Å²) in [5.74, 6) is 0.421. The molecular weight excluding hydrogens is 330 g/mol. The largest absolute Gasteiger partial charge is 0.481 e. The van der Waals surface area contributed by atoms with E-state index in [1.807, 2.05) is 30.3 Å². The normalized spacial score (nSPS) is 15.6. The van der Waals surface area contributed by atoms with Gasteiger partial charge in [0.15, 0.2) is 0 Å². The summed E-state index contributed by atoms with van der Waals surface area (Å²) in [6, 6.07) is 9.13. The SMILES string of the molecule is COc1cc(CNC(=O)C(NC(C)=O)C2CCCC2)c2ccccc2n1. The topological polar surface area (TPSA) is 80.3 Å². The molecule has 0 bridgehead atoms. The number of rotatable bonds is 6.